The van der Waals surface area contributed by atoms with Gasteiger partial charge in [-0.15, -0.1) is 5.92 Å². The molecule has 1 heterocycles. The number of ether oxygens (including phenoxy) is 3. The van der Waals surface area contributed by atoms with Crippen molar-refractivity contribution in [2.75, 3.05) is 6.61 Å². The molecule has 0 aromatic carbocycles. The summed E-state index contributed by atoms with van der Waals surface area (Å²) < 4.78 is 15.5. The van der Waals surface area contributed by atoms with Crippen molar-refractivity contribution in [3.8, 4) is 11.8 Å². The Kier molecular flexibility index (Phi) is 5.40. The summed E-state index contributed by atoms with van der Waals surface area (Å²) in [6.07, 6.45) is 1.95. The minimum Gasteiger partial charge on any atom is -0.463 e. The zero-order valence-corrected chi connectivity index (χ0v) is 10.6. The quantitative estimate of drug-likeness (QED) is 0.423. The minimum absolute atomic E-state index is 0.0273. The predicted molar refractivity (Wildman–Crippen MR) is 63.4 cm³/mol. The molecule has 5 heteroatoms. The average molecular weight is 252 g/mol. The smallest absolute Gasteiger partial charge is 0.303 e. The molecule has 3 atom stereocenters. The highest BCUT2D eigenvalue weighted by atomic mass is 16.6. The van der Waals surface area contributed by atoms with E-state index in [2.05, 4.69) is 11.8 Å². The lowest BCUT2D eigenvalue weighted by Crippen LogP contribution is -2.41. The van der Waals surface area contributed by atoms with Gasteiger partial charge >= 0.3 is 11.9 Å². The molecule has 0 amide bonds. The first-order chi connectivity index (χ1) is 8.52. The lowest BCUT2D eigenvalue weighted by atomic mass is 10.1. The monoisotopic (exact) mass is 252 g/mol. The Hall–Kier alpha value is -1.80. The van der Waals surface area contributed by atoms with Crippen LogP contribution in [-0.4, -0.2) is 36.9 Å². The zero-order valence-electron chi connectivity index (χ0n) is 10.6. The number of carbonyl (C=O) groups excluding carboxylic acids is 2. The highest BCUT2D eigenvalue weighted by Crippen LogP contribution is 2.16. The second kappa shape index (κ2) is 6.82. The van der Waals surface area contributed by atoms with Crippen molar-refractivity contribution in [1.29, 1.82) is 0 Å². The standard InChI is InChI=1S/C13H16O5/c1-4-5-11-6-7-12(17-10(3)15)13(18-11)8-16-9(2)14/h6-7,11-13H,8H2,1-3H3/t11?,12-,13-/m1/s1. The molecule has 0 spiro atoms. The van der Waals surface area contributed by atoms with Crippen molar-refractivity contribution >= 4 is 11.9 Å². The third kappa shape index (κ3) is 4.60. The van der Waals surface area contributed by atoms with Crippen LogP contribution < -0.4 is 0 Å². The molecule has 0 N–H and O–H groups in total. The van der Waals surface area contributed by atoms with Crippen LogP contribution in [0.4, 0.5) is 0 Å². The Morgan fingerprint density at radius 1 is 1.28 bits per heavy atom. The molecule has 5 nitrogen and oxygen atoms in total. The van der Waals surface area contributed by atoms with Crippen LogP contribution in [0.15, 0.2) is 12.2 Å². The van der Waals surface area contributed by atoms with Gasteiger partial charge in [-0.2, -0.15) is 0 Å². The SMILES string of the molecule is CC#CC1C=C[C@@H](OC(C)=O)[C@@H](COC(C)=O)O1. The average Bonchev–Trinajstić information content (AvgIpc) is 2.28. The van der Waals surface area contributed by atoms with Crippen LogP contribution in [0.2, 0.25) is 0 Å². The van der Waals surface area contributed by atoms with Crippen LogP contribution in [0.5, 0.6) is 0 Å². The van der Waals surface area contributed by atoms with E-state index >= 15 is 0 Å². The third-order valence-corrected chi connectivity index (χ3v) is 2.20. The molecule has 1 unspecified atom stereocenters. The number of hydrogen-bond acceptors (Lipinski definition) is 5. The number of carbonyl (C=O) groups is 2. The van der Waals surface area contributed by atoms with E-state index in [1.165, 1.54) is 13.8 Å². The number of hydrogen-bond donors (Lipinski definition) is 0. The van der Waals surface area contributed by atoms with Gasteiger partial charge in [0.2, 0.25) is 0 Å². The van der Waals surface area contributed by atoms with Crippen molar-refractivity contribution in [3.63, 3.8) is 0 Å². The van der Waals surface area contributed by atoms with Crippen molar-refractivity contribution in [3.05, 3.63) is 12.2 Å². The lowest BCUT2D eigenvalue weighted by Gasteiger charge is -2.29. The van der Waals surface area contributed by atoms with Crippen LogP contribution in [-0.2, 0) is 23.8 Å². The predicted octanol–water partition coefficient (Wildman–Crippen LogP) is 0.828. The van der Waals surface area contributed by atoms with Gasteiger partial charge in [-0.3, -0.25) is 9.59 Å². The van der Waals surface area contributed by atoms with Crippen LogP contribution in [0.3, 0.4) is 0 Å². The Morgan fingerprint density at radius 3 is 2.56 bits per heavy atom. The van der Waals surface area contributed by atoms with Crippen molar-refractivity contribution in [2.45, 2.75) is 39.1 Å². The first kappa shape index (κ1) is 14.3. The number of rotatable bonds is 3. The second-order valence-corrected chi connectivity index (χ2v) is 3.75. The first-order valence-electron chi connectivity index (χ1n) is 5.59. The van der Waals surface area contributed by atoms with Gasteiger partial charge in [-0.25, -0.2) is 0 Å². The normalized spacial score (nSPS) is 25.8. The van der Waals surface area contributed by atoms with E-state index in [1.54, 1.807) is 19.1 Å². The molecule has 1 aliphatic heterocycles. The molecule has 0 radical (unpaired) electrons. The van der Waals surface area contributed by atoms with Gasteiger partial charge in [-0.05, 0) is 19.1 Å². The first-order valence-corrected chi connectivity index (χ1v) is 5.59. The van der Waals surface area contributed by atoms with Gasteiger partial charge < -0.3 is 14.2 Å². The molecule has 0 fully saturated rings. The van der Waals surface area contributed by atoms with E-state index in [9.17, 15) is 9.59 Å². The molecule has 1 aliphatic rings. The zero-order chi connectivity index (χ0) is 13.5. The molecule has 0 aromatic rings. The van der Waals surface area contributed by atoms with E-state index in [4.69, 9.17) is 14.2 Å². The maximum Gasteiger partial charge on any atom is 0.303 e. The molecular weight excluding hydrogens is 236 g/mol. The van der Waals surface area contributed by atoms with Gasteiger partial charge in [0.05, 0.1) is 0 Å². The van der Waals surface area contributed by atoms with Gasteiger partial charge in [0.15, 0.2) is 0 Å². The molecule has 18 heavy (non-hydrogen) atoms. The van der Waals surface area contributed by atoms with Crippen LogP contribution in [0.25, 0.3) is 0 Å². The number of esters is 2. The summed E-state index contributed by atoms with van der Waals surface area (Å²) >= 11 is 0. The van der Waals surface area contributed by atoms with Gasteiger partial charge in [-0.1, -0.05) is 5.92 Å². The van der Waals surface area contributed by atoms with E-state index in [-0.39, 0.29) is 12.7 Å². The summed E-state index contributed by atoms with van der Waals surface area (Å²) in [6, 6.07) is 0. The maximum absolute atomic E-state index is 11.0. The van der Waals surface area contributed by atoms with E-state index in [0.717, 1.165) is 0 Å². The Bertz CT molecular complexity index is 401. The molecule has 0 aromatic heterocycles. The third-order valence-electron chi connectivity index (χ3n) is 2.20. The minimum atomic E-state index is -0.559. The molecule has 0 saturated heterocycles. The Balaban J connectivity index is 2.70. The lowest BCUT2D eigenvalue weighted by molar-refractivity contribution is -0.161. The summed E-state index contributed by atoms with van der Waals surface area (Å²) in [4.78, 5) is 21.7. The molecular formula is C13H16O5. The van der Waals surface area contributed by atoms with Gasteiger partial charge in [0.1, 0.15) is 24.9 Å². The van der Waals surface area contributed by atoms with Crippen LogP contribution in [0, 0.1) is 11.8 Å². The van der Waals surface area contributed by atoms with Crippen molar-refractivity contribution in [1.82, 2.24) is 0 Å². The molecule has 0 aliphatic carbocycles. The Morgan fingerprint density at radius 2 is 2.00 bits per heavy atom. The van der Waals surface area contributed by atoms with E-state index in [0.29, 0.717) is 0 Å². The van der Waals surface area contributed by atoms with Crippen molar-refractivity contribution < 1.29 is 23.8 Å². The fourth-order valence-corrected chi connectivity index (χ4v) is 1.51. The van der Waals surface area contributed by atoms with Crippen LogP contribution >= 0.6 is 0 Å². The Labute approximate surface area is 106 Å². The van der Waals surface area contributed by atoms with Gasteiger partial charge in [0, 0.05) is 13.8 Å². The highest BCUT2D eigenvalue weighted by Gasteiger charge is 2.29. The highest BCUT2D eigenvalue weighted by molar-refractivity contribution is 5.66. The molecule has 0 saturated carbocycles. The van der Waals surface area contributed by atoms with Crippen molar-refractivity contribution in [2.24, 2.45) is 0 Å². The van der Waals surface area contributed by atoms with Crippen LogP contribution in [0.1, 0.15) is 20.8 Å². The fraction of sp³-hybridized carbons (Fsp3) is 0.538. The maximum atomic E-state index is 11.0. The van der Waals surface area contributed by atoms with Gasteiger partial charge in [0.25, 0.3) is 0 Å². The fourth-order valence-electron chi connectivity index (χ4n) is 1.51. The summed E-state index contributed by atoms with van der Waals surface area (Å²) in [5.74, 6) is 4.75. The molecule has 0 bridgehead atoms. The summed E-state index contributed by atoms with van der Waals surface area (Å²) in [7, 11) is 0. The summed E-state index contributed by atoms with van der Waals surface area (Å²) in [6.45, 7) is 4.35. The molecule has 1 rings (SSSR count). The second-order valence-electron chi connectivity index (χ2n) is 3.75. The van der Waals surface area contributed by atoms with E-state index < -0.39 is 24.1 Å². The molecule has 98 valence electrons. The summed E-state index contributed by atoms with van der Waals surface area (Å²) in [5.41, 5.74) is 0. The summed E-state index contributed by atoms with van der Waals surface area (Å²) in [5, 5.41) is 0. The topological polar surface area (TPSA) is 61.8 Å². The van der Waals surface area contributed by atoms with E-state index in [1.807, 2.05) is 0 Å². The largest absolute Gasteiger partial charge is 0.463 e.